The van der Waals surface area contributed by atoms with Crippen molar-refractivity contribution in [3.05, 3.63) is 142 Å². The fourth-order valence-electron chi connectivity index (χ4n) is 4.81. The van der Waals surface area contributed by atoms with Crippen LogP contribution in [-0.2, 0) is 11.3 Å². The molecule has 5 heteroatoms. The second kappa shape index (κ2) is 11.6. The van der Waals surface area contributed by atoms with Crippen LogP contribution in [0.25, 0.3) is 43.8 Å². The highest BCUT2D eigenvalue weighted by atomic mass is 19.1. The molecule has 0 aliphatic carbocycles. The molecule has 5 aromatic carbocycles. The van der Waals surface area contributed by atoms with E-state index in [9.17, 15) is 0 Å². The molecule has 0 amide bonds. The molecule has 5 rings (SSSR count). The first-order valence-corrected chi connectivity index (χ1v) is 12.5. The van der Waals surface area contributed by atoms with Crippen molar-refractivity contribution < 1.29 is 23.3 Å². The van der Waals surface area contributed by atoms with Crippen molar-refractivity contribution in [1.82, 2.24) is 0 Å². The van der Waals surface area contributed by atoms with Crippen LogP contribution in [0.5, 0.6) is 17.2 Å². The van der Waals surface area contributed by atoms with E-state index in [1.165, 1.54) is 31.1 Å². The summed E-state index contributed by atoms with van der Waals surface area (Å²) in [6.45, 7) is 15.0. The highest BCUT2D eigenvalue weighted by Crippen LogP contribution is 2.40. The Kier molecular flexibility index (Phi) is 7.65. The first-order chi connectivity index (χ1) is 19.5. The van der Waals surface area contributed by atoms with Crippen molar-refractivity contribution in [1.29, 1.82) is 0 Å². The minimum atomic E-state index is -0.367. The molecule has 198 valence electrons. The molecular formula is C35H27FO4. The van der Waals surface area contributed by atoms with Gasteiger partial charge >= 0.3 is 0 Å². The second-order valence-electron chi connectivity index (χ2n) is 8.92. The Bertz CT molecular complexity index is 1740. The Morgan fingerprint density at radius 3 is 2.00 bits per heavy atom. The Labute approximate surface area is 232 Å². The average molecular weight is 531 g/mol. The van der Waals surface area contributed by atoms with Crippen molar-refractivity contribution in [2.75, 3.05) is 0 Å². The molecule has 0 heterocycles. The largest absolute Gasteiger partial charge is 0.497 e. The molecule has 0 saturated heterocycles. The van der Waals surface area contributed by atoms with Gasteiger partial charge in [-0.25, -0.2) is 4.39 Å². The third-order valence-electron chi connectivity index (χ3n) is 6.45. The zero-order valence-corrected chi connectivity index (χ0v) is 21.9. The fourth-order valence-corrected chi connectivity index (χ4v) is 4.81. The Morgan fingerprint density at radius 2 is 1.30 bits per heavy atom. The maximum Gasteiger partial charge on any atom is 0.134 e. The van der Waals surface area contributed by atoms with Gasteiger partial charge in [-0.2, -0.15) is 0 Å². The van der Waals surface area contributed by atoms with Crippen molar-refractivity contribution in [2.24, 2.45) is 0 Å². The second-order valence-corrected chi connectivity index (χ2v) is 8.92. The summed E-state index contributed by atoms with van der Waals surface area (Å²) in [5, 5.41) is 2.72. The number of ether oxygens (including phenoxy) is 4. The van der Waals surface area contributed by atoms with Crippen LogP contribution in [0.3, 0.4) is 0 Å². The molecule has 0 aliphatic heterocycles. The van der Waals surface area contributed by atoms with Gasteiger partial charge in [0, 0.05) is 16.8 Å². The highest BCUT2D eigenvalue weighted by Gasteiger charge is 2.15. The van der Waals surface area contributed by atoms with Gasteiger partial charge in [-0.1, -0.05) is 50.6 Å². The van der Waals surface area contributed by atoms with E-state index in [1.54, 1.807) is 18.2 Å². The molecule has 0 radical (unpaired) electrons. The van der Waals surface area contributed by atoms with Crippen molar-refractivity contribution in [3.63, 3.8) is 0 Å². The number of benzene rings is 5. The quantitative estimate of drug-likeness (QED) is 0.126. The van der Waals surface area contributed by atoms with Crippen LogP contribution >= 0.6 is 0 Å². The van der Waals surface area contributed by atoms with Gasteiger partial charge in [0.1, 0.15) is 29.7 Å². The van der Waals surface area contributed by atoms with E-state index in [2.05, 4.69) is 26.3 Å². The van der Waals surface area contributed by atoms with E-state index < -0.39 is 0 Å². The molecule has 40 heavy (non-hydrogen) atoms. The van der Waals surface area contributed by atoms with E-state index in [0.29, 0.717) is 34.8 Å². The Balaban J connectivity index is 1.70. The predicted octanol–water partition coefficient (Wildman–Crippen LogP) is 9.69. The number of hydrogen-bond donors (Lipinski definition) is 0. The molecule has 0 aliphatic rings. The molecule has 0 N–H and O–H groups in total. The minimum absolute atomic E-state index is 0.367. The van der Waals surface area contributed by atoms with Crippen molar-refractivity contribution >= 4 is 21.5 Å². The first-order valence-electron chi connectivity index (χ1n) is 12.5. The normalized spacial score (nSPS) is 10.6. The third-order valence-corrected chi connectivity index (χ3v) is 6.45. The molecule has 0 spiro atoms. The maximum absolute atomic E-state index is 16.0. The Hall–Kier alpha value is -5.29. The molecule has 0 atom stereocenters. The smallest absolute Gasteiger partial charge is 0.134 e. The molecule has 0 fully saturated rings. The van der Waals surface area contributed by atoms with Gasteiger partial charge in [-0.15, -0.1) is 0 Å². The molecule has 0 aromatic heterocycles. The van der Waals surface area contributed by atoms with Crippen molar-refractivity contribution in [2.45, 2.75) is 6.61 Å². The monoisotopic (exact) mass is 530 g/mol. The summed E-state index contributed by atoms with van der Waals surface area (Å²) < 4.78 is 38.1. The summed E-state index contributed by atoms with van der Waals surface area (Å²) in [6, 6.07) is 24.5. The van der Waals surface area contributed by atoms with Crippen LogP contribution in [0.1, 0.15) is 5.56 Å². The average Bonchev–Trinajstić information content (AvgIpc) is 2.96. The lowest BCUT2D eigenvalue weighted by Crippen LogP contribution is -1.92. The van der Waals surface area contributed by atoms with Crippen LogP contribution in [-0.4, -0.2) is 0 Å². The van der Waals surface area contributed by atoms with Gasteiger partial charge in [0.05, 0.1) is 25.0 Å². The van der Waals surface area contributed by atoms with Gasteiger partial charge < -0.3 is 18.9 Å². The van der Waals surface area contributed by atoms with Gasteiger partial charge in [0.15, 0.2) is 0 Å². The summed E-state index contributed by atoms with van der Waals surface area (Å²) in [4.78, 5) is 0. The molecule has 4 nitrogen and oxygen atoms in total. The maximum atomic E-state index is 16.0. The lowest BCUT2D eigenvalue weighted by molar-refractivity contribution is 0.238. The predicted molar refractivity (Wildman–Crippen MR) is 160 cm³/mol. The summed E-state index contributed by atoms with van der Waals surface area (Å²) in [7, 11) is 0. The van der Waals surface area contributed by atoms with E-state index in [4.69, 9.17) is 18.9 Å². The van der Waals surface area contributed by atoms with Crippen molar-refractivity contribution in [3.8, 4) is 39.5 Å². The lowest BCUT2D eigenvalue weighted by atomic mass is 9.93. The molecule has 0 saturated carbocycles. The highest BCUT2D eigenvalue weighted by molar-refractivity contribution is 6.12. The number of rotatable bonds is 11. The van der Waals surface area contributed by atoms with Crippen LogP contribution in [0, 0.1) is 5.82 Å². The number of hydrogen-bond acceptors (Lipinski definition) is 4. The third kappa shape index (κ3) is 5.31. The zero-order chi connectivity index (χ0) is 28.1. The fraction of sp³-hybridized carbons (Fsp3) is 0.0286. The molecule has 0 bridgehead atoms. The van der Waals surface area contributed by atoms with E-state index in [-0.39, 0.29) is 5.82 Å². The summed E-state index contributed by atoms with van der Waals surface area (Å²) in [6.07, 6.45) is 5.44. The van der Waals surface area contributed by atoms with Gasteiger partial charge in [-0.3, -0.25) is 0 Å². The lowest BCUT2D eigenvalue weighted by Gasteiger charge is -2.14. The van der Waals surface area contributed by atoms with E-state index in [0.717, 1.165) is 38.4 Å². The number of fused-ring (bicyclic) bond motifs is 3. The van der Waals surface area contributed by atoms with Gasteiger partial charge in [0.25, 0.3) is 0 Å². The zero-order valence-electron chi connectivity index (χ0n) is 21.9. The standard InChI is InChI=1S/C35H27FO4/c1-5-37-22-23-10-9-11-24(14-23)28-18-32-31(34(20-28)40-8-4)13-12-25-15-26(19-33(36)35(25)32)27-16-29(38-6-2)21-30(17-27)39-7-3/h5-21H,1-4,22H2. The first kappa shape index (κ1) is 26.3. The Morgan fingerprint density at radius 1 is 0.600 bits per heavy atom. The van der Waals surface area contributed by atoms with Crippen LogP contribution in [0.2, 0.25) is 0 Å². The summed E-state index contributed by atoms with van der Waals surface area (Å²) in [5.74, 6) is 1.25. The van der Waals surface area contributed by atoms with Gasteiger partial charge in [0.2, 0.25) is 0 Å². The SMILES string of the molecule is C=COCc1cccc(-c2cc(OC=C)c3ccc4cc(-c5cc(OC=C)cc(OC=C)c5)cc(F)c4c3c2)c1. The topological polar surface area (TPSA) is 36.9 Å². The van der Waals surface area contributed by atoms with Gasteiger partial charge in [-0.05, 0) is 87.1 Å². The summed E-state index contributed by atoms with van der Waals surface area (Å²) in [5.41, 5.74) is 4.20. The van der Waals surface area contributed by atoms with Crippen LogP contribution in [0.4, 0.5) is 4.39 Å². The minimum Gasteiger partial charge on any atom is -0.497 e. The van der Waals surface area contributed by atoms with E-state index in [1.807, 2.05) is 54.6 Å². The number of halogens is 1. The summed E-state index contributed by atoms with van der Waals surface area (Å²) >= 11 is 0. The molecule has 5 aromatic rings. The molecule has 0 unspecified atom stereocenters. The molecular weight excluding hydrogens is 503 g/mol. The van der Waals surface area contributed by atoms with Crippen LogP contribution in [0.15, 0.2) is 130 Å². The van der Waals surface area contributed by atoms with E-state index >= 15 is 4.39 Å². The van der Waals surface area contributed by atoms with Crippen LogP contribution < -0.4 is 14.2 Å².